The first-order valence-corrected chi connectivity index (χ1v) is 6.25. The molecule has 17 heavy (non-hydrogen) atoms. The minimum absolute atomic E-state index is 0.0329. The molecule has 1 amide bonds. The Morgan fingerprint density at radius 2 is 2.24 bits per heavy atom. The number of nitrogens with one attached hydrogen (secondary N) is 2. The van der Waals surface area contributed by atoms with Crippen molar-refractivity contribution in [2.45, 2.75) is 18.9 Å². The van der Waals surface area contributed by atoms with Gasteiger partial charge < -0.3 is 10.3 Å². The lowest BCUT2D eigenvalue weighted by molar-refractivity contribution is -0.119. The van der Waals surface area contributed by atoms with E-state index >= 15 is 0 Å². The molecule has 1 aromatic heterocycles. The average molecular weight is 249 g/mol. The zero-order valence-corrected chi connectivity index (χ0v) is 10.1. The predicted molar refractivity (Wildman–Crippen MR) is 68.4 cm³/mol. The van der Waals surface area contributed by atoms with Gasteiger partial charge in [0.25, 0.3) is 0 Å². The van der Waals surface area contributed by atoms with Crippen LogP contribution in [0.25, 0.3) is 10.9 Å². The number of alkyl halides is 1. The summed E-state index contributed by atoms with van der Waals surface area (Å²) in [6, 6.07) is 8.46. The number of carbonyl (C=O) groups excluding carboxylic acids is 1. The first-order valence-electron chi connectivity index (χ1n) is 5.71. The Bertz CT molecular complexity index is 576. The van der Waals surface area contributed by atoms with Gasteiger partial charge in [-0.2, -0.15) is 0 Å². The monoisotopic (exact) mass is 248 g/mol. The van der Waals surface area contributed by atoms with Gasteiger partial charge in [0, 0.05) is 29.1 Å². The highest BCUT2D eigenvalue weighted by Crippen LogP contribution is 2.29. The molecule has 4 heteroatoms. The second-order valence-electron chi connectivity index (χ2n) is 4.43. The molecule has 0 bridgehead atoms. The highest BCUT2D eigenvalue weighted by Gasteiger charge is 2.25. The highest BCUT2D eigenvalue weighted by atomic mass is 35.5. The number of fused-ring (bicyclic) bond motifs is 3. The molecule has 1 unspecified atom stereocenters. The molecule has 1 aliphatic carbocycles. The van der Waals surface area contributed by atoms with Gasteiger partial charge in [0.2, 0.25) is 5.91 Å². The van der Waals surface area contributed by atoms with Gasteiger partial charge >= 0.3 is 0 Å². The van der Waals surface area contributed by atoms with Gasteiger partial charge in [0.15, 0.2) is 0 Å². The fourth-order valence-electron chi connectivity index (χ4n) is 2.60. The third-order valence-electron chi connectivity index (χ3n) is 3.29. The lowest BCUT2D eigenvalue weighted by Crippen LogP contribution is -2.36. The van der Waals surface area contributed by atoms with Gasteiger partial charge in [-0.15, -0.1) is 11.6 Å². The van der Waals surface area contributed by atoms with E-state index < -0.39 is 0 Å². The Hall–Kier alpha value is -1.48. The van der Waals surface area contributed by atoms with Crippen molar-refractivity contribution in [1.82, 2.24) is 10.3 Å². The summed E-state index contributed by atoms with van der Waals surface area (Å²) < 4.78 is 0. The summed E-state index contributed by atoms with van der Waals surface area (Å²) in [6.07, 6.45) is 1.76. The van der Waals surface area contributed by atoms with Crippen LogP contribution in [-0.4, -0.2) is 22.8 Å². The fourth-order valence-corrected chi connectivity index (χ4v) is 2.67. The number of para-hydroxylation sites is 1. The molecule has 3 nitrogen and oxygen atoms in total. The largest absolute Gasteiger partial charge is 0.358 e. The minimum atomic E-state index is -0.0916. The van der Waals surface area contributed by atoms with E-state index in [-0.39, 0.29) is 17.8 Å². The Morgan fingerprint density at radius 1 is 1.41 bits per heavy atom. The topological polar surface area (TPSA) is 44.9 Å². The maximum atomic E-state index is 11.3. The highest BCUT2D eigenvalue weighted by molar-refractivity contribution is 6.27. The second-order valence-corrected chi connectivity index (χ2v) is 4.70. The molecule has 1 aliphatic rings. The SMILES string of the molecule is O=C(CCl)NC1Cc2[nH]c3ccccc3c2C1. The molecule has 1 aromatic carbocycles. The van der Waals surface area contributed by atoms with Gasteiger partial charge in [-0.3, -0.25) is 4.79 Å². The van der Waals surface area contributed by atoms with Crippen LogP contribution in [0, 0.1) is 0 Å². The van der Waals surface area contributed by atoms with Gasteiger partial charge in [0.05, 0.1) is 0 Å². The lowest BCUT2D eigenvalue weighted by Gasteiger charge is -2.10. The van der Waals surface area contributed by atoms with Crippen molar-refractivity contribution in [3.8, 4) is 0 Å². The number of hydrogen-bond acceptors (Lipinski definition) is 1. The number of aromatic nitrogens is 1. The van der Waals surface area contributed by atoms with Crippen LogP contribution in [0.5, 0.6) is 0 Å². The van der Waals surface area contributed by atoms with E-state index in [4.69, 9.17) is 11.6 Å². The van der Waals surface area contributed by atoms with E-state index in [2.05, 4.69) is 22.4 Å². The number of hydrogen-bond donors (Lipinski definition) is 2. The summed E-state index contributed by atoms with van der Waals surface area (Å²) in [6.45, 7) is 0. The summed E-state index contributed by atoms with van der Waals surface area (Å²) in [7, 11) is 0. The number of amides is 1. The molecule has 0 radical (unpaired) electrons. The van der Waals surface area contributed by atoms with Crippen LogP contribution in [0.3, 0.4) is 0 Å². The van der Waals surface area contributed by atoms with Crippen LogP contribution >= 0.6 is 11.6 Å². The first kappa shape index (κ1) is 10.7. The molecule has 0 saturated carbocycles. The van der Waals surface area contributed by atoms with Crippen molar-refractivity contribution in [3.63, 3.8) is 0 Å². The number of halogens is 1. The molecule has 1 heterocycles. The quantitative estimate of drug-likeness (QED) is 0.785. The Morgan fingerprint density at radius 3 is 3.06 bits per heavy atom. The summed E-state index contributed by atoms with van der Waals surface area (Å²) in [4.78, 5) is 14.7. The minimum Gasteiger partial charge on any atom is -0.358 e. The third kappa shape index (κ3) is 1.80. The van der Waals surface area contributed by atoms with E-state index in [1.807, 2.05) is 12.1 Å². The van der Waals surface area contributed by atoms with Gasteiger partial charge in [-0.1, -0.05) is 18.2 Å². The molecule has 88 valence electrons. The zero-order valence-electron chi connectivity index (χ0n) is 9.29. The van der Waals surface area contributed by atoms with E-state index in [1.165, 1.54) is 22.2 Å². The Balaban J connectivity index is 1.87. The fraction of sp³-hybridized carbons (Fsp3) is 0.308. The van der Waals surface area contributed by atoms with Crippen molar-refractivity contribution in [1.29, 1.82) is 0 Å². The van der Waals surface area contributed by atoms with Crippen molar-refractivity contribution >= 4 is 28.4 Å². The summed E-state index contributed by atoms with van der Waals surface area (Å²) in [5.41, 5.74) is 3.76. The Labute approximate surface area is 104 Å². The van der Waals surface area contributed by atoms with Crippen molar-refractivity contribution in [2.75, 3.05) is 5.88 Å². The van der Waals surface area contributed by atoms with Crippen LogP contribution in [0.2, 0.25) is 0 Å². The van der Waals surface area contributed by atoms with Crippen LogP contribution in [0.1, 0.15) is 11.3 Å². The zero-order chi connectivity index (χ0) is 11.8. The summed E-state index contributed by atoms with van der Waals surface area (Å²) >= 11 is 5.49. The van der Waals surface area contributed by atoms with Gasteiger partial charge in [-0.25, -0.2) is 0 Å². The number of carbonyl (C=O) groups is 1. The second kappa shape index (κ2) is 4.08. The molecule has 0 saturated heterocycles. The van der Waals surface area contributed by atoms with Gasteiger partial charge in [0.1, 0.15) is 5.88 Å². The standard InChI is InChI=1S/C13H13ClN2O/c14-7-13(17)15-8-5-10-9-3-1-2-4-11(9)16-12(10)6-8/h1-4,8,16H,5-7H2,(H,15,17). The van der Waals surface area contributed by atoms with Crippen LogP contribution < -0.4 is 5.32 Å². The molecule has 2 N–H and O–H groups in total. The molecule has 2 aromatic rings. The summed E-state index contributed by atoms with van der Waals surface area (Å²) in [5, 5.41) is 4.20. The van der Waals surface area contributed by atoms with E-state index in [0.717, 1.165) is 12.8 Å². The molecular weight excluding hydrogens is 236 g/mol. The maximum Gasteiger partial charge on any atom is 0.235 e. The van der Waals surface area contributed by atoms with E-state index in [9.17, 15) is 4.79 Å². The van der Waals surface area contributed by atoms with Crippen LogP contribution in [0.15, 0.2) is 24.3 Å². The molecule has 0 aliphatic heterocycles. The molecule has 3 rings (SSSR count). The number of aromatic amines is 1. The maximum absolute atomic E-state index is 11.3. The van der Waals surface area contributed by atoms with Crippen LogP contribution in [0.4, 0.5) is 0 Å². The average Bonchev–Trinajstić information content (AvgIpc) is 2.85. The van der Waals surface area contributed by atoms with Crippen LogP contribution in [-0.2, 0) is 17.6 Å². The van der Waals surface area contributed by atoms with Crippen molar-refractivity contribution in [3.05, 3.63) is 35.5 Å². The predicted octanol–water partition coefficient (Wildman–Crippen LogP) is 1.99. The number of rotatable bonds is 2. The van der Waals surface area contributed by atoms with Crippen molar-refractivity contribution in [2.24, 2.45) is 0 Å². The third-order valence-corrected chi connectivity index (χ3v) is 3.53. The molecule has 0 spiro atoms. The molecule has 1 atom stereocenters. The smallest absolute Gasteiger partial charge is 0.235 e. The lowest BCUT2D eigenvalue weighted by atomic mass is 10.1. The number of benzene rings is 1. The van der Waals surface area contributed by atoms with Gasteiger partial charge in [-0.05, 0) is 18.1 Å². The van der Waals surface area contributed by atoms with E-state index in [0.29, 0.717) is 0 Å². The van der Waals surface area contributed by atoms with E-state index in [1.54, 1.807) is 0 Å². The number of H-pyrrole nitrogens is 1. The normalized spacial score (nSPS) is 18.3. The molecular formula is C13H13ClN2O. The first-order chi connectivity index (χ1) is 8.28. The summed E-state index contributed by atoms with van der Waals surface area (Å²) in [5.74, 6) is -0.0586. The molecule has 0 fully saturated rings. The Kier molecular flexibility index (Phi) is 2.56. The van der Waals surface area contributed by atoms with Crippen molar-refractivity contribution < 1.29 is 4.79 Å².